The first-order valence-electron chi connectivity index (χ1n) is 4.77. The van der Waals surface area contributed by atoms with E-state index in [1.165, 1.54) is 6.07 Å². The minimum Gasteiger partial charge on any atom is -0.491 e. The first kappa shape index (κ1) is 11.0. The predicted molar refractivity (Wildman–Crippen MR) is 62.0 cm³/mol. The lowest BCUT2D eigenvalue weighted by Crippen LogP contribution is -2.12. The van der Waals surface area contributed by atoms with Gasteiger partial charge >= 0.3 is 5.63 Å². The Labute approximate surface area is 96.6 Å². The van der Waals surface area contributed by atoms with Gasteiger partial charge in [0.2, 0.25) is 0 Å². The summed E-state index contributed by atoms with van der Waals surface area (Å²) in [6.07, 6.45) is 0. The molecule has 5 heteroatoms. The molecule has 16 heavy (non-hydrogen) atoms. The molecule has 0 unspecified atom stereocenters. The number of hydrogen-bond acceptors (Lipinski definition) is 4. The van der Waals surface area contributed by atoms with Crippen molar-refractivity contribution in [1.82, 2.24) is 0 Å². The highest BCUT2D eigenvalue weighted by Crippen LogP contribution is 2.26. The Morgan fingerprint density at radius 1 is 1.38 bits per heavy atom. The van der Waals surface area contributed by atoms with Crippen LogP contribution in [0.1, 0.15) is 0 Å². The molecule has 0 bridgehead atoms. The highest BCUT2D eigenvalue weighted by Gasteiger charge is 2.06. The van der Waals surface area contributed by atoms with E-state index in [9.17, 15) is 4.79 Å². The molecule has 0 saturated heterocycles. The second-order valence-electron chi connectivity index (χ2n) is 3.21. The monoisotopic (exact) mass is 239 g/mol. The summed E-state index contributed by atoms with van der Waals surface area (Å²) in [5.41, 5.74) is 5.33. The third-order valence-corrected chi connectivity index (χ3v) is 2.28. The fourth-order valence-corrected chi connectivity index (χ4v) is 1.57. The van der Waals surface area contributed by atoms with Crippen LogP contribution in [-0.4, -0.2) is 13.2 Å². The maximum absolute atomic E-state index is 11.2. The van der Waals surface area contributed by atoms with Crippen molar-refractivity contribution >= 4 is 22.6 Å². The Hall–Kier alpha value is -1.52. The number of ether oxygens (including phenoxy) is 1. The minimum atomic E-state index is -0.457. The lowest BCUT2D eigenvalue weighted by atomic mass is 10.2. The molecule has 0 radical (unpaired) electrons. The Morgan fingerprint density at radius 3 is 2.94 bits per heavy atom. The molecular weight excluding hydrogens is 230 g/mol. The third-order valence-electron chi connectivity index (χ3n) is 2.04. The summed E-state index contributed by atoms with van der Waals surface area (Å²) in [6, 6.07) is 6.26. The van der Waals surface area contributed by atoms with Gasteiger partial charge in [0.1, 0.15) is 17.9 Å². The molecule has 84 valence electrons. The zero-order valence-corrected chi connectivity index (χ0v) is 9.16. The minimum absolute atomic E-state index is 0.338. The van der Waals surface area contributed by atoms with Crippen molar-refractivity contribution in [2.24, 2.45) is 5.73 Å². The molecule has 1 aromatic heterocycles. The van der Waals surface area contributed by atoms with E-state index in [0.29, 0.717) is 34.9 Å². The predicted octanol–water partition coefficient (Wildman–Crippen LogP) is 1.78. The number of hydrogen-bond donors (Lipinski definition) is 1. The van der Waals surface area contributed by atoms with Crippen LogP contribution in [0.25, 0.3) is 11.0 Å². The molecule has 0 amide bonds. The van der Waals surface area contributed by atoms with Gasteiger partial charge in [0.15, 0.2) is 0 Å². The van der Waals surface area contributed by atoms with Crippen LogP contribution in [0, 0.1) is 0 Å². The Kier molecular flexibility index (Phi) is 3.12. The molecule has 1 aromatic carbocycles. The molecule has 0 spiro atoms. The molecule has 4 nitrogen and oxygen atoms in total. The summed E-state index contributed by atoms with van der Waals surface area (Å²) in [5.74, 6) is 0.444. The Morgan fingerprint density at radius 2 is 2.19 bits per heavy atom. The van der Waals surface area contributed by atoms with Gasteiger partial charge < -0.3 is 14.9 Å². The van der Waals surface area contributed by atoms with Gasteiger partial charge in [-0.3, -0.25) is 0 Å². The van der Waals surface area contributed by atoms with Gasteiger partial charge in [-0.2, -0.15) is 0 Å². The summed E-state index contributed by atoms with van der Waals surface area (Å²) in [6.45, 7) is 0.716. The second kappa shape index (κ2) is 4.55. The fourth-order valence-electron chi connectivity index (χ4n) is 1.39. The standard InChI is InChI=1S/C11H10ClNO3/c12-7-1-2-9-8(5-7)10(15-4-3-13)6-11(14)16-9/h1-2,5-6H,3-4,13H2. The molecule has 2 rings (SSSR count). The second-order valence-corrected chi connectivity index (χ2v) is 3.64. The summed E-state index contributed by atoms with van der Waals surface area (Å²) < 4.78 is 10.4. The maximum atomic E-state index is 11.2. The largest absolute Gasteiger partial charge is 0.491 e. The van der Waals surface area contributed by atoms with Gasteiger partial charge in [-0.15, -0.1) is 0 Å². The number of benzene rings is 1. The summed E-state index contributed by atoms with van der Waals surface area (Å²) in [5, 5.41) is 1.22. The molecule has 0 saturated carbocycles. The van der Waals surface area contributed by atoms with Gasteiger partial charge in [0, 0.05) is 11.6 Å². The quantitative estimate of drug-likeness (QED) is 0.830. The molecule has 1 heterocycles. The highest BCUT2D eigenvalue weighted by atomic mass is 35.5. The number of rotatable bonds is 3. The van der Waals surface area contributed by atoms with Crippen LogP contribution < -0.4 is 16.1 Å². The maximum Gasteiger partial charge on any atom is 0.339 e. The number of halogens is 1. The van der Waals surface area contributed by atoms with Crippen molar-refractivity contribution in [2.45, 2.75) is 0 Å². The van der Waals surface area contributed by atoms with Gasteiger partial charge in [-0.25, -0.2) is 4.79 Å². The molecule has 2 aromatic rings. The first-order valence-corrected chi connectivity index (χ1v) is 5.15. The van der Waals surface area contributed by atoms with E-state index >= 15 is 0 Å². The summed E-state index contributed by atoms with van der Waals surface area (Å²) in [4.78, 5) is 11.2. The van der Waals surface area contributed by atoms with Gasteiger partial charge in [-0.05, 0) is 18.2 Å². The van der Waals surface area contributed by atoms with Crippen LogP contribution >= 0.6 is 11.6 Å². The molecule has 0 fully saturated rings. The normalized spacial score (nSPS) is 10.6. The van der Waals surface area contributed by atoms with Crippen LogP contribution in [0.4, 0.5) is 0 Å². The molecular formula is C11H10ClNO3. The zero-order chi connectivity index (χ0) is 11.5. The summed E-state index contributed by atoms with van der Waals surface area (Å²) >= 11 is 5.86. The van der Waals surface area contributed by atoms with Gasteiger partial charge in [0.05, 0.1) is 11.5 Å². The van der Waals surface area contributed by atoms with E-state index in [0.717, 1.165) is 0 Å². The van der Waals surface area contributed by atoms with Crippen LogP contribution in [0.2, 0.25) is 5.02 Å². The topological polar surface area (TPSA) is 65.5 Å². The number of nitrogens with two attached hydrogens (primary N) is 1. The molecule has 0 aliphatic carbocycles. The molecule has 0 aliphatic rings. The molecule has 2 N–H and O–H groups in total. The Balaban J connectivity index is 2.60. The van der Waals surface area contributed by atoms with E-state index in [4.69, 9.17) is 26.5 Å². The van der Waals surface area contributed by atoms with Crippen LogP contribution in [0.3, 0.4) is 0 Å². The van der Waals surface area contributed by atoms with Crippen molar-refractivity contribution in [3.63, 3.8) is 0 Å². The van der Waals surface area contributed by atoms with Crippen LogP contribution in [0.15, 0.2) is 33.5 Å². The van der Waals surface area contributed by atoms with E-state index in [1.807, 2.05) is 0 Å². The van der Waals surface area contributed by atoms with Crippen LogP contribution in [-0.2, 0) is 0 Å². The van der Waals surface area contributed by atoms with Crippen molar-refractivity contribution in [3.05, 3.63) is 39.7 Å². The Bertz CT molecular complexity index is 565. The van der Waals surface area contributed by atoms with E-state index in [-0.39, 0.29) is 0 Å². The van der Waals surface area contributed by atoms with E-state index in [1.54, 1.807) is 18.2 Å². The zero-order valence-electron chi connectivity index (χ0n) is 8.40. The smallest absolute Gasteiger partial charge is 0.339 e. The molecule has 0 atom stereocenters. The molecule has 0 aliphatic heterocycles. The van der Waals surface area contributed by atoms with E-state index < -0.39 is 5.63 Å². The lowest BCUT2D eigenvalue weighted by Gasteiger charge is -2.06. The van der Waals surface area contributed by atoms with E-state index in [2.05, 4.69) is 0 Å². The SMILES string of the molecule is NCCOc1cc(=O)oc2ccc(Cl)cc12. The average Bonchev–Trinajstić information content (AvgIpc) is 2.26. The van der Waals surface area contributed by atoms with Crippen molar-refractivity contribution < 1.29 is 9.15 Å². The van der Waals surface area contributed by atoms with Gasteiger partial charge in [0.25, 0.3) is 0 Å². The van der Waals surface area contributed by atoms with Crippen molar-refractivity contribution in [3.8, 4) is 5.75 Å². The third kappa shape index (κ3) is 2.18. The van der Waals surface area contributed by atoms with Crippen LogP contribution in [0.5, 0.6) is 5.75 Å². The van der Waals surface area contributed by atoms with Crippen molar-refractivity contribution in [1.29, 1.82) is 0 Å². The van der Waals surface area contributed by atoms with Crippen molar-refractivity contribution in [2.75, 3.05) is 13.2 Å². The highest BCUT2D eigenvalue weighted by molar-refractivity contribution is 6.31. The number of fused-ring (bicyclic) bond motifs is 1. The summed E-state index contributed by atoms with van der Waals surface area (Å²) in [7, 11) is 0. The van der Waals surface area contributed by atoms with Gasteiger partial charge in [-0.1, -0.05) is 11.6 Å². The lowest BCUT2D eigenvalue weighted by molar-refractivity contribution is 0.329. The average molecular weight is 240 g/mol. The fraction of sp³-hybridized carbons (Fsp3) is 0.182. The first-order chi connectivity index (χ1) is 7.70.